The van der Waals surface area contributed by atoms with Crippen molar-refractivity contribution in [1.82, 2.24) is 0 Å². The van der Waals surface area contributed by atoms with Crippen LogP contribution < -0.4 is 0 Å². The minimum atomic E-state index is -0.770. The first-order valence-electron chi connectivity index (χ1n) is 5.56. The average Bonchev–Trinajstić information content (AvgIpc) is 2.76. The Bertz CT molecular complexity index is 502. The van der Waals surface area contributed by atoms with Crippen molar-refractivity contribution < 1.29 is 14.3 Å². The molecule has 0 fully saturated rings. The van der Waals surface area contributed by atoms with Gasteiger partial charge in [0.2, 0.25) is 0 Å². The van der Waals surface area contributed by atoms with Gasteiger partial charge in [-0.05, 0) is 18.6 Å². The summed E-state index contributed by atoms with van der Waals surface area (Å²) in [4.78, 5) is 0. The topological polar surface area (TPSA) is 42.6 Å². The highest BCUT2D eigenvalue weighted by Gasteiger charge is 2.22. The van der Waals surface area contributed by atoms with Crippen LogP contribution in [0.3, 0.4) is 0 Å². The van der Waals surface area contributed by atoms with Crippen LogP contribution in [0.1, 0.15) is 25.2 Å². The lowest BCUT2D eigenvalue weighted by molar-refractivity contribution is -0.0242. The molecule has 0 radical (unpaired) electrons. The molecule has 0 aliphatic rings. The molecule has 92 valence electrons. The van der Waals surface area contributed by atoms with Gasteiger partial charge >= 0.3 is 0 Å². The maximum Gasteiger partial charge on any atom is 0.152 e. The van der Waals surface area contributed by atoms with E-state index in [4.69, 9.17) is 20.8 Å². The van der Waals surface area contributed by atoms with Crippen LogP contribution in [0, 0.1) is 0 Å². The first-order valence-corrected chi connectivity index (χ1v) is 5.94. The quantitative estimate of drug-likeness (QED) is 0.907. The fourth-order valence-corrected chi connectivity index (χ4v) is 2.12. The minimum absolute atomic E-state index is 0.269. The molecule has 0 saturated heterocycles. The van der Waals surface area contributed by atoms with E-state index in [2.05, 4.69) is 0 Å². The van der Waals surface area contributed by atoms with Gasteiger partial charge in [0.05, 0.1) is 11.1 Å². The average molecular weight is 255 g/mol. The highest BCUT2D eigenvalue weighted by molar-refractivity contribution is 6.34. The molecule has 3 nitrogen and oxygen atoms in total. The smallest absolute Gasteiger partial charge is 0.152 e. The lowest BCUT2D eigenvalue weighted by atomic mass is 10.1. The number of aliphatic hydroxyl groups is 1. The van der Waals surface area contributed by atoms with Crippen LogP contribution in [0.5, 0.6) is 0 Å². The maximum absolute atomic E-state index is 10.1. The number of para-hydroxylation sites is 1. The van der Waals surface area contributed by atoms with Gasteiger partial charge in [-0.25, -0.2) is 0 Å². The third-order valence-electron chi connectivity index (χ3n) is 2.86. The SMILES string of the molecule is CCC(OC)C(O)c1cc2cccc(Cl)c2o1. The van der Waals surface area contributed by atoms with E-state index in [0.717, 1.165) is 5.39 Å². The number of aliphatic hydroxyl groups excluding tert-OH is 1. The van der Waals surface area contributed by atoms with Crippen molar-refractivity contribution in [3.05, 3.63) is 35.0 Å². The Kier molecular flexibility index (Phi) is 3.72. The normalized spacial score (nSPS) is 15.1. The number of benzene rings is 1. The van der Waals surface area contributed by atoms with Crippen LogP contribution in [0.4, 0.5) is 0 Å². The Labute approximate surface area is 105 Å². The van der Waals surface area contributed by atoms with Gasteiger partial charge in [-0.15, -0.1) is 0 Å². The zero-order chi connectivity index (χ0) is 12.4. The Morgan fingerprint density at radius 2 is 2.24 bits per heavy atom. The van der Waals surface area contributed by atoms with Crippen molar-refractivity contribution in [3.63, 3.8) is 0 Å². The van der Waals surface area contributed by atoms with Gasteiger partial charge in [0.1, 0.15) is 11.9 Å². The molecule has 1 N–H and O–H groups in total. The largest absolute Gasteiger partial charge is 0.457 e. The molecule has 0 saturated carbocycles. The molecule has 1 heterocycles. The van der Waals surface area contributed by atoms with Crippen LogP contribution in [0.15, 0.2) is 28.7 Å². The summed E-state index contributed by atoms with van der Waals surface area (Å²) >= 11 is 6.02. The highest BCUT2D eigenvalue weighted by Crippen LogP contribution is 2.31. The summed E-state index contributed by atoms with van der Waals surface area (Å²) in [7, 11) is 1.58. The van der Waals surface area contributed by atoms with E-state index in [9.17, 15) is 5.11 Å². The zero-order valence-corrected chi connectivity index (χ0v) is 10.6. The van der Waals surface area contributed by atoms with E-state index >= 15 is 0 Å². The summed E-state index contributed by atoms with van der Waals surface area (Å²) in [6.07, 6.45) is -0.328. The maximum atomic E-state index is 10.1. The predicted octanol–water partition coefficient (Wildman–Crippen LogP) is 3.54. The van der Waals surface area contributed by atoms with E-state index in [0.29, 0.717) is 22.8 Å². The van der Waals surface area contributed by atoms with Crippen LogP contribution >= 0.6 is 11.6 Å². The number of methoxy groups -OCH3 is 1. The molecule has 0 bridgehead atoms. The molecule has 1 aromatic carbocycles. The molecular weight excluding hydrogens is 240 g/mol. The first-order chi connectivity index (χ1) is 8.17. The predicted molar refractivity (Wildman–Crippen MR) is 67.3 cm³/mol. The Hall–Kier alpha value is -1.03. The summed E-state index contributed by atoms with van der Waals surface area (Å²) < 4.78 is 10.8. The van der Waals surface area contributed by atoms with Gasteiger partial charge in [0, 0.05) is 12.5 Å². The number of hydrogen-bond donors (Lipinski definition) is 1. The molecule has 2 rings (SSSR count). The number of ether oxygens (including phenoxy) is 1. The molecule has 4 heteroatoms. The molecule has 2 atom stereocenters. The van der Waals surface area contributed by atoms with Gasteiger partial charge in [0.15, 0.2) is 5.58 Å². The lowest BCUT2D eigenvalue weighted by Gasteiger charge is -2.17. The van der Waals surface area contributed by atoms with Gasteiger partial charge in [-0.1, -0.05) is 30.7 Å². The second kappa shape index (κ2) is 5.08. The number of fused-ring (bicyclic) bond motifs is 1. The highest BCUT2D eigenvalue weighted by atomic mass is 35.5. The summed E-state index contributed by atoms with van der Waals surface area (Å²) in [5.74, 6) is 0.488. The minimum Gasteiger partial charge on any atom is -0.457 e. The molecule has 1 aromatic heterocycles. The molecule has 17 heavy (non-hydrogen) atoms. The van der Waals surface area contributed by atoms with Crippen molar-refractivity contribution in [3.8, 4) is 0 Å². The van der Waals surface area contributed by atoms with Crippen molar-refractivity contribution in [2.45, 2.75) is 25.6 Å². The monoisotopic (exact) mass is 254 g/mol. The summed E-state index contributed by atoms with van der Waals surface area (Å²) in [5, 5.41) is 11.5. The third kappa shape index (κ3) is 2.32. The molecule has 2 aromatic rings. The second-order valence-corrected chi connectivity index (χ2v) is 4.34. The Morgan fingerprint density at radius 3 is 2.82 bits per heavy atom. The molecule has 0 aliphatic carbocycles. The number of halogens is 1. The van der Waals surface area contributed by atoms with Crippen LogP contribution in [-0.4, -0.2) is 18.3 Å². The van der Waals surface area contributed by atoms with Gasteiger partial charge in [-0.3, -0.25) is 0 Å². The molecular formula is C13H15ClO3. The third-order valence-corrected chi connectivity index (χ3v) is 3.16. The fourth-order valence-electron chi connectivity index (χ4n) is 1.90. The summed E-state index contributed by atoms with van der Waals surface area (Å²) in [6.45, 7) is 1.95. The van der Waals surface area contributed by atoms with E-state index in [1.807, 2.05) is 19.1 Å². The molecule has 0 amide bonds. The van der Waals surface area contributed by atoms with Crippen LogP contribution in [-0.2, 0) is 4.74 Å². The first kappa shape index (κ1) is 12.4. The molecule has 2 unspecified atom stereocenters. The fraction of sp³-hybridized carbons (Fsp3) is 0.385. The van der Waals surface area contributed by atoms with Gasteiger partial charge in [-0.2, -0.15) is 0 Å². The van der Waals surface area contributed by atoms with Crippen LogP contribution in [0.2, 0.25) is 5.02 Å². The van der Waals surface area contributed by atoms with Crippen molar-refractivity contribution in [2.75, 3.05) is 7.11 Å². The number of furan rings is 1. The Morgan fingerprint density at radius 1 is 1.47 bits per heavy atom. The van der Waals surface area contributed by atoms with Gasteiger partial charge in [0.25, 0.3) is 0 Å². The number of hydrogen-bond acceptors (Lipinski definition) is 3. The summed E-state index contributed by atoms with van der Waals surface area (Å²) in [5.41, 5.74) is 0.606. The van der Waals surface area contributed by atoms with E-state index in [1.54, 1.807) is 19.2 Å². The van der Waals surface area contributed by atoms with Crippen molar-refractivity contribution in [1.29, 1.82) is 0 Å². The Balaban J connectivity index is 2.39. The summed E-state index contributed by atoms with van der Waals surface area (Å²) in [6, 6.07) is 7.31. The van der Waals surface area contributed by atoms with Crippen molar-refractivity contribution in [2.24, 2.45) is 0 Å². The van der Waals surface area contributed by atoms with E-state index < -0.39 is 6.10 Å². The zero-order valence-electron chi connectivity index (χ0n) is 9.81. The van der Waals surface area contributed by atoms with E-state index in [-0.39, 0.29) is 6.10 Å². The standard InChI is InChI=1S/C13H15ClO3/c1-3-10(16-2)12(15)11-7-8-5-4-6-9(14)13(8)17-11/h4-7,10,12,15H,3H2,1-2H3. The van der Waals surface area contributed by atoms with Crippen LogP contribution in [0.25, 0.3) is 11.0 Å². The van der Waals surface area contributed by atoms with Gasteiger partial charge < -0.3 is 14.3 Å². The number of rotatable bonds is 4. The lowest BCUT2D eigenvalue weighted by Crippen LogP contribution is -2.19. The second-order valence-electron chi connectivity index (χ2n) is 3.93. The van der Waals surface area contributed by atoms with E-state index in [1.165, 1.54) is 0 Å². The molecule has 0 spiro atoms. The van der Waals surface area contributed by atoms with Crippen molar-refractivity contribution >= 4 is 22.6 Å². The molecule has 0 aliphatic heterocycles.